The Bertz CT molecular complexity index is 1620. The third kappa shape index (κ3) is 8.25. The zero-order chi connectivity index (χ0) is 29.1. The van der Waals surface area contributed by atoms with Gasteiger partial charge in [0.05, 0.1) is 29.8 Å². The molecular weight excluding hydrogens is 603 g/mol. The molecule has 0 saturated carbocycles. The number of hydrogen-bond acceptors (Lipinski definition) is 6. The number of anilines is 1. The Labute approximate surface area is 269 Å². The van der Waals surface area contributed by atoms with E-state index >= 15 is 0 Å². The van der Waals surface area contributed by atoms with Crippen molar-refractivity contribution >= 4 is 68.7 Å². The number of ether oxygens (including phenoxy) is 1. The molecule has 0 radical (unpaired) electrons. The molecule has 0 saturated heterocycles. The molecule has 0 atom stereocenters. The molecule has 0 fully saturated rings. The molecule has 0 bridgehead atoms. The number of nitrogens with zero attached hydrogens (tertiary/aromatic N) is 2. The molecule has 0 amide bonds. The zero-order valence-electron chi connectivity index (χ0n) is 22.0. The van der Waals surface area contributed by atoms with E-state index in [1.54, 1.807) is 43.6 Å². The third-order valence-electron chi connectivity index (χ3n) is 6.43. The predicted molar refractivity (Wildman–Crippen MR) is 162 cm³/mol. The van der Waals surface area contributed by atoms with Gasteiger partial charge in [-0.2, -0.15) is 8.42 Å². The van der Waals surface area contributed by atoms with E-state index in [-0.39, 0.29) is 47.7 Å². The van der Waals surface area contributed by atoms with Gasteiger partial charge in [0.15, 0.2) is 5.16 Å². The monoisotopic (exact) mass is 631 g/mol. The van der Waals surface area contributed by atoms with Gasteiger partial charge in [-0.3, -0.25) is 9.12 Å². The molecule has 0 aliphatic rings. The molecule has 0 unspecified atom stereocenters. The zero-order valence-corrected chi connectivity index (χ0v) is 24.4. The fraction of sp³-hybridized carbons (Fsp3) is 0.250. The van der Waals surface area contributed by atoms with Crippen LogP contribution in [0.3, 0.4) is 0 Å². The van der Waals surface area contributed by atoms with E-state index in [0.29, 0.717) is 32.9 Å². The van der Waals surface area contributed by atoms with E-state index in [1.165, 1.54) is 30.0 Å². The number of nitrogens with one attached hydrogen (secondary N) is 1. The van der Waals surface area contributed by atoms with Crippen molar-refractivity contribution in [1.29, 1.82) is 0 Å². The van der Waals surface area contributed by atoms with Gasteiger partial charge in [0.1, 0.15) is 17.4 Å². The first-order valence-electron chi connectivity index (χ1n) is 12.2. The number of hydrogen-bond donors (Lipinski definition) is 2. The van der Waals surface area contributed by atoms with E-state index in [4.69, 9.17) is 20.9 Å². The summed E-state index contributed by atoms with van der Waals surface area (Å²) in [6.07, 6.45) is 1.76. The summed E-state index contributed by atoms with van der Waals surface area (Å²) in [5.41, 5.74) is 2.69. The summed E-state index contributed by atoms with van der Waals surface area (Å²) < 4.78 is 66.7. The van der Waals surface area contributed by atoms with E-state index in [1.807, 2.05) is 30.5 Å². The van der Waals surface area contributed by atoms with Gasteiger partial charge in [0.25, 0.3) is 10.1 Å². The predicted octanol–water partition coefficient (Wildman–Crippen LogP) is 6.08. The van der Waals surface area contributed by atoms with Crippen LogP contribution in [0.25, 0.3) is 5.69 Å². The number of imidazole rings is 1. The van der Waals surface area contributed by atoms with Crippen molar-refractivity contribution in [3.05, 3.63) is 100 Å². The van der Waals surface area contributed by atoms with Crippen molar-refractivity contribution in [1.82, 2.24) is 9.55 Å². The van der Waals surface area contributed by atoms with Crippen LogP contribution in [0, 0.1) is 11.6 Å². The first kappa shape index (κ1) is 33.4. The van der Waals surface area contributed by atoms with E-state index in [9.17, 15) is 17.2 Å². The van der Waals surface area contributed by atoms with E-state index in [0.717, 1.165) is 11.3 Å². The number of benzene rings is 3. The quantitative estimate of drug-likeness (QED) is 0.118. The van der Waals surface area contributed by atoms with E-state index in [2.05, 4.69) is 10.3 Å². The minimum absolute atomic E-state index is 0. The molecular formula is C28H29ClF2N3NaO4S2. The fourth-order valence-corrected chi connectivity index (χ4v) is 5.69. The van der Waals surface area contributed by atoms with Crippen molar-refractivity contribution in [3.63, 3.8) is 0 Å². The number of halogens is 3. The van der Waals surface area contributed by atoms with Crippen molar-refractivity contribution < 1.29 is 26.5 Å². The molecule has 3 aromatic carbocycles. The molecule has 4 aromatic rings. The summed E-state index contributed by atoms with van der Waals surface area (Å²) in [6.45, 7) is 4.02. The second-order valence-corrected chi connectivity index (χ2v) is 12.4. The van der Waals surface area contributed by atoms with Crippen LogP contribution in [0.1, 0.15) is 30.7 Å². The molecule has 4 rings (SSSR count). The van der Waals surface area contributed by atoms with Crippen molar-refractivity contribution in [3.8, 4) is 11.4 Å². The molecule has 13 heteroatoms. The molecule has 2 N–H and O–H groups in total. The van der Waals surface area contributed by atoms with Gasteiger partial charge in [0, 0.05) is 29.1 Å². The molecule has 1 heterocycles. The molecule has 0 aliphatic heterocycles. The number of methoxy groups -OCH3 is 1. The van der Waals surface area contributed by atoms with Crippen molar-refractivity contribution in [2.24, 2.45) is 0 Å². The van der Waals surface area contributed by atoms with Gasteiger partial charge in [-0.05, 0) is 59.7 Å². The third-order valence-corrected chi connectivity index (χ3v) is 8.46. The van der Waals surface area contributed by atoms with Crippen LogP contribution in [-0.2, 0) is 21.3 Å². The van der Waals surface area contributed by atoms with Gasteiger partial charge in [0.2, 0.25) is 0 Å². The molecule has 214 valence electrons. The number of thioether (sulfide) groups is 1. The molecule has 0 spiro atoms. The molecule has 41 heavy (non-hydrogen) atoms. The van der Waals surface area contributed by atoms with E-state index < -0.39 is 27.1 Å². The van der Waals surface area contributed by atoms with Gasteiger partial charge < -0.3 is 10.1 Å². The summed E-state index contributed by atoms with van der Waals surface area (Å²) in [6, 6.07) is 16.2. The summed E-state index contributed by atoms with van der Waals surface area (Å²) in [5, 5.41) is 3.86. The first-order valence-corrected chi connectivity index (χ1v) is 15.1. The van der Waals surface area contributed by atoms with Gasteiger partial charge >= 0.3 is 29.6 Å². The molecule has 7 nitrogen and oxygen atoms in total. The van der Waals surface area contributed by atoms with Crippen LogP contribution >= 0.6 is 23.4 Å². The van der Waals surface area contributed by atoms with Crippen LogP contribution in [0.5, 0.6) is 5.75 Å². The second kappa shape index (κ2) is 13.9. The Morgan fingerprint density at radius 1 is 1.10 bits per heavy atom. The Balaban J connectivity index is 0.00000462. The van der Waals surface area contributed by atoms with Gasteiger partial charge in [-0.15, -0.1) is 0 Å². The first-order chi connectivity index (χ1) is 18.9. The summed E-state index contributed by atoms with van der Waals surface area (Å²) in [4.78, 5) is 4.65. The molecule has 1 aromatic heterocycles. The average Bonchev–Trinajstić information content (AvgIpc) is 3.33. The standard InChI is InChI=1S/C28H28ClF2N3O4S2.Na.H/c1-28(2,19-5-11-23(29)25(14-19)38-3)26-16-33-27(34(26)22-9-6-20(30)7-10-22)39-17-18-4-8-21(15-24(18)31)32-12-13-40(35,36)37;;/h4-11,14-16,32H,12-13,17H2,1-3H3,(H,35,36,37);;. The second-order valence-electron chi connectivity index (χ2n) is 9.52. The van der Waals surface area contributed by atoms with Crippen molar-refractivity contribution in [2.75, 3.05) is 24.7 Å². The Kier molecular flexibility index (Phi) is 11.3. The van der Waals surface area contributed by atoms with Crippen LogP contribution in [0.2, 0.25) is 5.02 Å². The normalized spacial score (nSPS) is 11.7. The van der Waals surface area contributed by atoms with Crippen LogP contribution in [-0.4, -0.2) is 71.5 Å². The number of rotatable bonds is 11. The van der Waals surface area contributed by atoms with Crippen LogP contribution < -0.4 is 10.1 Å². The molecule has 0 aliphatic carbocycles. The van der Waals surface area contributed by atoms with Crippen molar-refractivity contribution in [2.45, 2.75) is 30.2 Å². The SMILES string of the molecule is COc1cc(C(C)(C)c2cnc(SCc3ccc(NCCS(=O)(=O)O)cc3F)n2-c2ccc(F)cc2)ccc1Cl.[NaH]. The summed E-state index contributed by atoms with van der Waals surface area (Å²) in [7, 11) is -2.56. The maximum atomic E-state index is 14.9. The summed E-state index contributed by atoms with van der Waals surface area (Å²) >= 11 is 7.58. The minimum atomic E-state index is -4.12. The Morgan fingerprint density at radius 3 is 2.44 bits per heavy atom. The topological polar surface area (TPSA) is 93.4 Å². The average molecular weight is 632 g/mol. The number of aromatic nitrogens is 2. The Morgan fingerprint density at radius 2 is 1.80 bits per heavy atom. The van der Waals surface area contributed by atoms with Gasteiger partial charge in [-0.25, -0.2) is 13.8 Å². The maximum absolute atomic E-state index is 14.9. The van der Waals surface area contributed by atoms with Gasteiger partial charge in [-0.1, -0.05) is 49.3 Å². The fourth-order valence-electron chi connectivity index (χ4n) is 4.15. The Hall–Kier alpha value is -2.12. The summed E-state index contributed by atoms with van der Waals surface area (Å²) in [5.74, 6) is -0.531. The van der Waals surface area contributed by atoms with Crippen LogP contribution in [0.15, 0.2) is 72.0 Å². The van der Waals surface area contributed by atoms with Crippen LogP contribution in [0.4, 0.5) is 14.5 Å².